The first kappa shape index (κ1) is 11.9. The maximum Gasteiger partial charge on any atom is 0.244 e. The van der Waals surface area contributed by atoms with Crippen LogP contribution < -0.4 is 10.1 Å². The van der Waals surface area contributed by atoms with Gasteiger partial charge in [-0.15, -0.1) is 0 Å². The first-order chi connectivity index (χ1) is 8.09. The quantitative estimate of drug-likeness (QED) is 0.932. The van der Waals surface area contributed by atoms with E-state index in [4.69, 9.17) is 10.00 Å². The molecule has 0 unspecified atom stereocenters. The SMILES string of the molecule is COc1cc(Br)cc(NC(=O)C2(C#N)CC2)c1. The van der Waals surface area contributed by atoms with Crippen LogP contribution >= 0.6 is 15.9 Å². The Morgan fingerprint density at radius 1 is 1.53 bits per heavy atom. The minimum absolute atomic E-state index is 0.236. The maximum atomic E-state index is 11.8. The van der Waals surface area contributed by atoms with E-state index in [1.807, 2.05) is 0 Å². The number of anilines is 1. The molecule has 5 heteroatoms. The number of ether oxygens (including phenoxy) is 1. The molecule has 2 rings (SSSR count). The Hall–Kier alpha value is -1.54. The van der Waals surface area contributed by atoms with Crippen molar-refractivity contribution in [2.45, 2.75) is 12.8 Å². The van der Waals surface area contributed by atoms with Gasteiger partial charge in [0.05, 0.1) is 13.2 Å². The summed E-state index contributed by atoms with van der Waals surface area (Å²) in [4.78, 5) is 11.8. The van der Waals surface area contributed by atoms with Gasteiger partial charge in [-0.25, -0.2) is 0 Å². The van der Waals surface area contributed by atoms with Crippen LogP contribution in [0.3, 0.4) is 0 Å². The van der Waals surface area contributed by atoms with Crippen molar-refractivity contribution in [3.63, 3.8) is 0 Å². The van der Waals surface area contributed by atoms with Crippen LogP contribution in [0.4, 0.5) is 5.69 Å². The average molecular weight is 295 g/mol. The predicted octanol–water partition coefficient (Wildman–Crippen LogP) is 2.70. The van der Waals surface area contributed by atoms with Crippen molar-refractivity contribution in [1.29, 1.82) is 5.26 Å². The highest BCUT2D eigenvalue weighted by molar-refractivity contribution is 9.10. The summed E-state index contributed by atoms with van der Waals surface area (Å²) in [7, 11) is 1.56. The van der Waals surface area contributed by atoms with E-state index in [9.17, 15) is 4.79 Å². The topological polar surface area (TPSA) is 62.1 Å². The molecule has 0 aliphatic heterocycles. The fraction of sp³-hybridized carbons (Fsp3) is 0.333. The lowest BCUT2D eigenvalue weighted by Crippen LogP contribution is -2.22. The number of halogens is 1. The second-order valence-electron chi connectivity index (χ2n) is 4.03. The number of hydrogen-bond acceptors (Lipinski definition) is 3. The Morgan fingerprint density at radius 3 is 2.76 bits per heavy atom. The number of rotatable bonds is 3. The summed E-state index contributed by atoms with van der Waals surface area (Å²) < 4.78 is 5.91. The normalized spacial score (nSPS) is 15.8. The molecule has 88 valence electrons. The molecule has 1 aliphatic rings. The highest BCUT2D eigenvalue weighted by atomic mass is 79.9. The first-order valence-electron chi connectivity index (χ1n) is 5.17. The number of amides is 1. The molecule has 0 spiro atoms. The molecule has 1 amide bonds. The summed E-state index contributed by atoms with van der Waals surface area (Å²) in [5, 5.41) is 11.7. The molecule has 17 heavy (non-hydrogen) atoms. The van der Waals surface area contributed by atoms with Gasteiger partial charge in [0.25, 0.3) is 0 Å². The molecule has 1 aliphatic carbocycles. The summed E-state index contributed by atoms with van der Waals surface area (Å²) in [5.74, 6) is 0.414. The molecule has 0 radical (unpaired) electrons. The summed E-state index contributed by atoms with van der Waals surface area (Å²) in [5.41, 5.74) is -0.182. The monoisotopic (exact) mass is 294 g/mol. The average Bonchev–Trinajstić information content (AvgIpc) is 3.09. The number of nitrogens with zero attached hydrogens (tertiary/aromatic N) is 1. The van der Waals surface area contributed by atoms with Gasteiger partial charge in [-0.05, 0) is 25.0 Å². The van der Waals surface area contributed by atoms with Gasteiger partial charge in [0.15, 0.2) is 0 Å². The van der Waals surface area contributed by atoms with Gasteiger partial charge in [0, 0.05) is 16.2 Å². The molecular weight excluding hydrogens is 284 g/mol. The van der Waals surface area contributed by atoms with E-state index in [1.165, 1.54) is 0 Å². The fourth-order valence-corrected chi connectivity index (χ4v) is 1.99. The molecule has 0 saturated heterocycles. The molecule has 0 atom stereocenters. The second kappa shape index (κ2) is 4.38. The van der Waals surface area contributed by atoms with E-state index in [1.54, 1.807) is 25.3 Å². The van der Waals surface area contributed by atoms with Crippen molar-refractivity contribution in [1.82, 2.24) is 0 Å². The van der Waals surface area contributed by atoms with Crippen LogP contribution in [0, 0.1) is 16.7 Å². The van der Waals surface area contributed by atoms with Gasteiger partial charge < -0.3 is 10.1 Å². The van der Waals surface area contributed by atoms with E-state index in [0.717, 1.165) is 4.47 Å². The standard InChI is InChI=1S/C12H11BrN2O2/c1-17-10-5-8(13)4-9(6-10)15-11(16)12(7-14)2-3-12/h4-6H,2-3H2,1H3,(H,15,16). The molecule has 1 N–H and O–H groups in total. The minimum Gasteiger partial charge on any atom is -0.497 e. The Morgan fingerprint density at radius 2 is 2.24 bits per heavy atom. The Labute approximate surface area is 108 Å². The maximum absolute atomic E-state index is 11.8. The lowest BCUT2D eigenvalue weighted by molar-refractivity contribution is -0.119. The van der Waals surface area contributed by atoms with Crippen LogP contribution in [0.5, 0.6) is 5.75 Å². The summed E-state index contributed by atoms with van der Waals surface area (Å²) >= 11 is 3.33. The van der Waals surface area contributed by atoms with Gasteiger partial charge in [0.1, 0.15) is 11.2 Å². The lowest BCUT2D eigenvalue weighted by atomic mass is 10.1. The summed E-state index contributed by atoms with van der Waals surface area (Å²) in [6, 6.07) is 7.35. The molecule has 1 aromatic rings. The van der Waals surface area contributed by atoms with Crippen LogP contribution in [-0.2, 0) is 4.79 Å². The van der Waals surface area contributed by atoms with Crippen molar-refractivity contribution in [2.75, 3.05) is 12.4 Å². The number of benzene rings is 1. The van der Waals surface area contributed by atoms with Crippen LogP contribution in [0.15, 0.2) is 22.7 Å². The first-order valence-corrected chi connectivity index (χ1v) is 5.96. The number of hydrogen-bond donors (Lipinski definition) is 1. The van der Waals surface area contributed by atoms with Crippen LogP contribution in [0.1, 0.15) is 12.8 Å². The zero-order valence-corrected chi connectivity index (χ0v) is 10.9. The van der Waals surface area contributed by atoms with E-state index < -0.39 is 5.41 Å². The number of carbonyl (C=O) groups is 1. The van der Waals surface area contributed by atoms with Crippen molar-refractivity contribution in [3.8, 4) is 11.8 Å². The summed E-state index contributed by atoms with van der Waals surface area (Å²) in [6.45, 7) is 0. The van der Waals surface area contributed by atoms with Gasteiger partial charge in [-0.3, -0.25) is 4.79 Å². The zero-order chi connectivity index (χ0) is 12.5. The minimum atomic E-state index is -0.810. The molecule has 0 aromatic heterocycles. The van der Waals surface area contributed by atoms with E-state index >= 15 is 0 Å². The predicted molar refractivity (Wildman–Crippen MR) is 66.6 cm³/mol. The highest BCUT2D eigenvalue weighted by Gasteiger charge is 2.50. The Bertz CT molecular complexity index is 504. The smallest absolute Gasteiger partial charge is 0.244 e. The number of carbonyl (C=O) groups excluding carboxylic acids is 1. The Balaban J connectivity index is 2.17. The third-order valence-electron chi connectivity index (χ3n) is 2.76. The van der Waals surface area contributed by atoms with E-state index in [-0.39, 0.29) is 5.91 Å². The van der Waals surface area contributed by atoms with Crippen molar-refractivity contribution in [3.05, 3.63) is 22.7 Å². The van der Waals surface area contributed by atoms with Gasteiger partial charge >= 0.3 is 0 Å². The Kier molecular flexibility index (Phi) is 3.07. The highest BCUT2D eigenvalue weighted by Crippen LogP contribution is 2.45. The largest absolute Gasteiger partial charge is 0.497 e. The zero-order valence-electron chi connectivity index (χ0n) is 9.29. The van der Waals surface area contributed by atoms with Gasteiger partial charge in [-0.2, -0.15) is 5.26 Å². The van der Waals surface area contributed by atoms with Gasteiger partial charge in [0.2, 0.25) is 5.91 Å². The third kappa shape index (κ3) is 2.42. The number of methoxy groups -OCH3 is 1. The summed E-state index contributed by atoms with van der Waals surface area (Å²) in [6.07, 6.45) is 1.28. The fourth-order valence-electron chi connectivity index (χ4n) is 1.52. The third-order valence-corrected chi connectivity index (χ3v) is 3.22. The number of nitriles is 1. The molecule has 1 saturated carbocycles. The van der Waals surface area contributed by atoms with Crippen molar-refractivity contribution < 1.29 is 9.53 Å². The van der Waals surface area contributed by atoms with Crippen LogP contribution in [0.2, 0.25) is 0 Å². The molecule has 0 bridgehead atoms. The van der Waals surface area contributed by atoms with E-state index in [0.29, 0.717) is 24.3 Å². The van der Waals surface area contributed by atoms with Crippen molar-refractivity contribution >= 4 is 27.5 Å². The van der Waals surface area contributed by atoms with Gasteiger partial charge in [-0.1, -0.05) is 15.9 Å². The molecule has 0 heterocycles. The molecule has 4 nitrogen and oxygen atoms in total. The van der Waals surface area contributed by atoms with E-state index in [2.05, 4.69) is 27.3 Å². The molecule has 1 aromatic carbocycles. The molecule has 1 fully saturated rings. The van der Waals surface area contributed by atoms with Crippen LogP contribution in [-0.4, -0.2) is 13.0 Å². The van der Waals surface area contributed by atoms with Crippen molar-refractivity contribution in [2.24, 2.45) is 5.41 Å². The molecular formula is C12H11BrN2O2. The number of nitrogens with one attached hydrogen (secondary N) is 1. The second-order valence-corrected chi connectivity index (χ2v) is 4.94. The lowest BCUT2D eigenvalue weighted by Gasteiger charge is -2.10. The van der Waals surface area contributed by atoms with Crippen LogP contribution in [0.25, 0.3) is 0 Å².